The van der Waals surface area contributed by atoms with E-state index >= 15 is 0 Å². The molecule has 0 saturated carbocycles. The van der Waals surface area contributed by atoms with Gasteiger partial charge in [-0.2, -0.15) is 0 Å². The highest BCUT2D eigenvalue weighted by Crippen LogP contribution is 2.40. The van der Waals surface area contributed by atoms with Crippen LogP contribution in [0.3, 0.4) is 0 Å². The molecule has 1 amide bonds. The summed E-state index contributed by atoms with van der Waals surface area (Å²) < 4.78 is 1.47. The molecule has 142 valence electrons. The van der Waals surface area contributed by atoms with Crippen LogP contribution in [0.15, 0.2) is 40.5 Å². The number of para-hydroxylation sites is 1. The first-order valence-corrected chi connectivity index (χ1v) is 9.96. The fourth-order valence-corrected chi connectivity index (χ4v) is 4.61. The van der Waals surface area contributed by atoms with Crippen molar-refractivity contribution in [2.75, 3.05) is 11.9 Å². The van der Waals surface area contributed by atoms with Gasteiger partial charge in [0.05, 0.1) is 5.39 Å². The summed E-state index contributed by atoms with van der Waals surface area (Å²) in [5.41, 5.74) is 1.01. The van der Waals surface area contributed by atoms with E-state index in [4.69, 9.17) is 0 Å². The molecule has 0 radical (unpaired) electrons. The lowest BCUT2D eigenvalue weighted by Gasteiger charge is -2.19. The predicted molar refractivity (Wildman–Crippen MR) is 111 cm³/mol. The molecule has 0 aliphatic rings. The number of rotatable bonds is 5. The lowest BCUT2D eigenvalue weighted by atomic mass is 9.93. The number of fused-ring (bicyclic) bond motifs is 1. The van der Waals surface area contributed by atoms with Crippen molar-refractivity contribution >= 4 is 33.1 Å². The number of anilines is 1. The number of aryl methyl sites for hydroxylation is 1. The van der Waals surface area contributed by atoms with Gasteiger partial charge in [-0.15, -0.1) is 11.3 Å². The van der Waals surface area contributed by atoms with Crippen LogP contribution in [-0.4, -0.2) is 22.6 Å². The topological polar surface area (TPSA) is 62.5 Å². The number of aromatic hydroxyl groups is 1. The van der Waals surface area contributed by atoms with Crippen molar-refractivity contribution in [2.24, 2.45) is 7.05 Å². The van der Waals surface area contributed by atoms with Gasteiger partial charge in [-0.25, -0.2) is 0 Å². The Bertz CT molecular complexity index is 1030. The van der Waals surface area contributed by atoms with Crippen LogP contribution in [0.1, 0.15) is 48.5 Å². The van der Waals surface area contributed by atoms with Crippen molar-refractivity contribution in [3.8, 4) is 5.75 Å². The molecule has 1 aromatic carbocycles. The Morgan fingerprint density at radius 1 is 1.22 bits per heavy atom. The van der Waals surface area contributed by atoms with Gasteiger partial charge in [0.15, 0.2) is 0 Å². The molecule has 0 aliphatic carbocycles. The van der Waals surface area contributed by atoms with Gasteiger partial charge in [0.1, 0.15) is 16.1 Å². The van der Waals surface area contributed by atoms with E-state index in [1.54, 1.807) is 26.2 Å². The average Bonchev–Trinajstić information content (AvgIpc) is 3.13. The smallest absolute Gasteiger partial charge is 0.268 e. The molecule has 0 fully saturated rings. The third kappa shape index (κ3) is 3.14. The summed E-state index contributed by atoms with van der Waals surface area (Å²) in [6, 6.07) is 9.09. The van der Waals surface area contributed by atoms with Crippen LogP contribution in [0.2, 0.25) is 0 Å². The molecule has 27 heavy (non-hydrogen) atoms. The van der Waals surface area contributed by atoms with Crippen LogP contribution < -0.4 is 10.5 Å². The zero-order chi connectivity index (χ0) is 19.7. The van der Waals surface area contributed by atoms with E-state index in [1.165, 1.54) is 20.8 Å². The van der Waals surface area contributed by atoms with Crippen LogP contribution in [0, 0.1) is 0 Å². The summed E-state index contributed by atoms with van der Waals surface area (Å²) in [6.45, 7) is 4.21. The number of carbonyl (C=O) groups excluding carboxylic acids is 1. The fourth-order valence-electron chi connectivity index (χ4n) is 3.49. The van der Waals surface area contributed by atoms with E-state index in [0.717, 1.165) is 18.4 Å². The van der Waals surface area contributed by atoms with Crippen molar-refractivity contribution in [1.82, 2.24) is 4.57 Å². The zero-order valence-corrected chi connectivity index (χ0v) is 16.8. The highest BCUT2D eigenvalue weighted by atomic mass is 32.1. The monoisotopic (exact) mass is 384 g/mol. The molecule has 0 spiro atoms. The van der Waals surface area contributed by atoms with E-state index in [1.807, 2.05) is 23.6 Å². The normalized spacial score (nSPS) is 11.3. The third-order valence-electron chi connectivity index (χ3n) is 5.18. The summed E-state index contributed by atoms with van der Waals surface area (Å²) in [7, 11) is 3.26. The summed E-state index contributed by atoms with van der Waals surface area (Å²) >= 11 is 1.43. The van der Waals surface area contributed by atoms with Crippen LogP contribution >= 0.6 is 11.3 Å². The van der Waals surface area contributed by atoms with E-state index < -0.39 is 11.5 Å². The van der Waals surface area contributed by atoms with Gasteiger partial charge in [0, 0.05) is 19.8 Å². The van der Waals surface area contributed by atoms with Gasteiger partial charge in [0.2, 0.25) is 0 Å². The highest BCUT2D eigenvalue weighted by molar-refractivity contribution is 7.17. The third-order valence-corrected chi connectivity index (χ3v) is 6.26. The quantitative estimate of drug-likeness (QED) is 0.705. The molecule has 0 aliphatic heterocycles. The molecule has 6 heteroatoms. The molecule has 0 bridgehead atoms. The second kappa shape index (κ2) is 7.56. The average molecular weight is 385 g/mol. The zero-order valence-electron chi connectivity index (χ0n) is 16.0. The Morgan fingerprint density at radius 2 is 1.85 bits per heavy atom. The van der Waals surface area contributed by atoms with Gasteiger partial charge in [-0.1, -0.05) is 32.0 Å². The minimum atomic E-state index is -0.511. The number of amides is 1. The number of thiophene rings is 1. The summed E-state index contributed by atoms with van der Waals surface area (Å²) in [5.74, 6) is -0.441. The Kier molecular flexibility index (Phi) is 5.37. The first-order valence-electron chi connectivity index (χ1n) is 9.08. The molecule has 3 rings (SSSR count). The highest BCUT2D eigenvalue weighted by Gasteiger charge is 2.27. The van der Waals surface area contributed by atoms with Crippen LogP contribution in [0.5, 0.6) is 5.75 Å². The van der Waals surface area contributed by atoms with Crippen LogP contribution in [0.4, 0.5) is 5.69 Å². The van der Waals surface area contributed by atoms with Crippen LogP contribution in [-0.2, 0) is 7.05 Å². The number of nitrogens with zero attached hydrogens (tertiary/aromatic N) is 2. The molecule has 0 saturated heterocycles. The van der Waals surface area contributed by atoms with Gasteiger partial charge in [-0.3, -0.25) is 9.59 Å². The molecule has 2 heterocycles. The maximum absolute atomic E-state index is 13.1. The van der Waals surface area contributed by atoms with Crippen molar-refractivity contribution in [3.05, 3.63) is 57.2 Å². The first-order chi connectivity index (χ1) is 12.9. The maximum atomic E-state index is 13.1. The van der Waals surface area contributed by atoms with Crippen LogP contribution in [0.25, 0.3) is 10.2 Å². The molecule has 5 nitrogen and oxygen atoms in total. The Morgan fingerprint density at radius 3 is 2.44 bits per heavy atom. The lowest BCUT2D eigenvalue weighted by Crippen LogP contribution is -2.34. The van der Waals surface area contributed by atoms with E-state index in [9.17, 15) is 14.7 Å². The number of aromatic nitrogens is 1. The van der Waals surface area contributed by atoms with Gasteiger partial charge in [0.25, 0.3) is 11.5 Å². The minimum Gasteiger partial charge on any atom is -0.506 e. The fraction of sp³-hybridized carbons (Fsp3) is 0.333. The molecule has 0 unspecified atom stereocenters. The van der Waals surface area contributed by atoms with E-state index in [0.29, 0.717) is 15.9 Å². The van der Waals surface area contributed by atoms with Gasteiger partial charge in [-0.05, 0) is 41.8 Å². The predicted octanol–water partition coefficient (Wildman–Crippen LogP) is 4.49. The summed E-state index contributed by atoms with van der Waals surface area (Å²) in [5, 5.41) is 13.6. The maximum Gasteiger partial charge on any atom is 0.268 e. The number of hydrogen-bond acceptors (Lipinski definition) is 4. The number of hydrogen-bond donors (Lipinski definition) is 1. The second-order valence-corrected chi connectivity index (χ2v) is 7.53. The van der Waals surface area contributed by atoms with Crippen molar-refractivity contribution in [2.45, 2.75) is 32.6 Å². The molecular formula is C21H24N2O3S. The van der Waals surface area contributed by atoms with Crippen molar-refractivity contribution < 1.29 is 9.90 Å². The lowest BCUT2D eigenvalue weighted by molar-refractivity contribution is 0.0988. The largest absolute Gasteiger partial charge is 0.506 e. The van der Waals surface area contributed by atoms with Gasteiger partial charge >= 0.3 is 0 Å². The number of pyridine rings is 1. The van der Waals surface area contributed by atoms with Crippen molar-refractivity contribution in [3.63, 3.8) is 0 Å². The molecule has 2 aromatic heterocycles. The standard InChI is InChI=1S/C21H24N2O3S/c1-5-13(6-2)15-12-27-21-16(15)18(24)17(20(26)23(21)4)19(25)22(3)14-10-8-7-9-11-14/h7-13,24H,5-6H2,1-4H3. The molecule has 0 atom stereocenters. The summed E-state index contributed by atoms with van der Waals surface area (Å²) in [4.78, 5) is 28.0. The molecule has 1 N–H and O–H groups in total. The Labute approximate surface area is 162 Å². The first kappa shape index (κ1) is 19.2. The van der Waals surface area contributed by atoms with Gasteiger partial charge < -0.3 is 14.6 Å². The SMILES string of the molecule is CCC(CC)c1csc2c1c(O)c(C(=O)N(C)c1ccccc1)c(=O)n2C. The summed E-state index contributed by atoms with van der Waals surface area (Å²) in [6.07, 6.45) is 1.86. The minimum absolute atomic E-state index is 0.179. The number of carbonyl (C=O) groups is 1. The van der Waals surface area contributed by atoms with E-state index in [2.05, 4.69) is 13.8 Å². The Balaban J connectivity index is 2.23. The molecular weight excluding hydrogens is 360 g/mol. The Hall–Kier alpha value is -2.60. The second-order valence-electron chi connectivity index (χ2n) is 6.67. The molecule has 3 aromatic rings. The van der Waals surface area contributed by atoms with Crippen molar-refractivity contribution in [1.29, 1.82) is 0 Å². The van der Waals surface area contributed by atoms with E-state index in [-0.39, 0.29) is 17.2 Å². The number of benzene rings is 1.